The maximum Gasteiger partial charge on any atom is 0.343 e. The van der Waals surface area contributed by atoms with E-state index >= 15 is 0 Å². The van der Waals surface area contributed by atoms with Gasteiger partial charge in [-0.25, -0.2) is 4.79 Å². The molecule has 0 aromatic heterocycles. The highest BCUT2D eigenvalue weighted by Gasteiger charge is 2.35. The summed E-state index contributed by atoms with van der Waals surface area (Å²) in [6.45, 7) is 2.48. The molecule has 1 saturated heterocycles. The molecule has 0 bridgehead atoms. The Balaban J connectivity index is 1.27. The van der Waals surface area contributed by atoms with Crippen LogP contribution in [0.1, 0.15) is 22.8 Å². The fourth-order valence-corrected chi connectivity index (χ4v) is 4.98. The highest BCUT2D eigenvalue weighted by Crippen LogP contribution is 2.35. The maximum absolute atomic E-state index is 13.0. The number of esters is 1. The van der Waals surface area contributed by atoms with Crippen LogP contribution in [0, 0.1) is 0 Å². The molecule has 4 aromatic carbocycles. The van der Waals surface area contributed by atoms with E-state index in [1.807, 2.05) is 55.5 Å². The van der Waals surface area contributed by atoms with Crippen molar-refractivity contribution in [3.8, 4) is 17.2 Å². The Morgan fingerprint density at radius 2 is 1.62 bits per heavy atom. The molecule has 1 aliphatic rings. The van der Waals surface area contributed by atoms with E-state index < -0.39 is 5.97 Å². The average molecular weight is 540 g/mol. The van der Waals surface area contributed by atoms with Crippen molar-refractivity contribution in [2.75, 3.05) is 19.8 Å². The number of rotatable bonds is 9. The molecular formula is C31H25NO6S. The van der Waals surface area contributed by atoms with E-state index in [4.69, 9.17) is 14.2 Å². The smallest absolute Gasteiger partial charge is 0.343 e. The third kappa shape index (κ3) is 5.97. The Kier molecular flexibility index (Phi) is 7.94. The van der Waals surface area contributed by atoms with Gasteiger partial charge in [0.05, 0.1) is 23.6 Å². The third-order valence-corrected chi connectivity index (χ3v) is 6.88. The third-order valence-electron chi connectivity index (χ3n) is 5.97. The second-order valence-electron chi connectivity index (χ2n) is 8.55. The number of carbonyl (C=O) groups is 3. The summed E-state index contributed by atoms with van der Waals surface area (Å²) in [5.74, 6) is 0.437. The van der Waals surface area contributed by atoms with E-state index in [0.29, 0.717) is 34.1 Å². The second kappa shape index (κ2) is 11.9. The van der Waals surface area contributed by atoms with E-state index in [1.54, 1.807) is 48.5 Å². The number of thioether (sulfide) groups is 1. The van der Waals surface area contributed by atoms with Crippen molar-refractivity contribution < 1.29 is 28.6 Å². The predicted molar refractivity (Wildman–Crippen MR) is 151 cm³/mol. The molecule has 2 amide bonds. The van der Waals surface area contributed by atoms with Gasteiger partial charge in [-0.1, -0.05) is 60.7 Å². The zero-order valence-electron chi connectivity index (χ0n) is 21.2. The van der Waals surface area contributed by atoms with E-state index in [9.17, 15) is 14.4 Å². The number of imide groups is 1. The van der Waals surface area contributed by atoms with Crippen molar-refractivity contribution in [1.29, 1.82) is 0 Å². The van der Waals surface area contributed by atoms with Crippen LogP contribution >= 0.6 is 11.8 Å². The Morgan fingerprint density at radius 1 is 0.846 bits per heavy atom. The van der Waals surface area contributed by atoms with Gasteiger partial charge in [-0.05, 0) is 66.0 Å². The first-order valence-corrected chi connectivity index (χ1v) is 13.2. The SMILES string of the molecule is CCOc1cc(/C=C2\SC(=O)N(CCOc3cccc4ccccc34)C2=O)ccc1OC(=O)c1ccccc1. The van der Waals surface area contributed by atoms with Crippen LogP contribution in [0.5, 0.6) is 17.2 Å². The van der Waals surface area contributed by atoms with Gasteiger partial charge in [0.15, 0.2) is 11.5 Å². The van der Waals surface area contributed by atoms with Crippen molar-refractivity contribution in [1.82, 2.24) is 4.90 Å². The fourth-order valence-electron chi connectivity index (χ4n) is 4.11. The molecule has 0 spiro atoms. The number of hydrogen-bond donors (Lipinski definition) is 0. The summed E-state index contributed by atoms with van der Waals surface area (Å²) < 4.78 is 17.1. The van der Waals surface area contributed by atoms with Gasteiger partial charge in [0.2, 0.25) is 0 Å². The van der Waals surface area contributed by atoms with Gasteiger partial charge in [0, 0.05) is 5.39 Å². The lowest BCUT2D eigenvalue weighted by atomic mass is 10.1. The van der Waals surface area contributed by atoms with Gasteiger partial charge in [-0.3, -0.25) is 14.5 Å². The Bertz CT molecular complexity index is 1560. The summed E-state index contributed by atoms with van der Waals surface area (Å²) in [5.41, 5.74) is 1.05. The van der Waals surface area contributed by atoms with Crippen LogP contribution in [0.25, 0.3) is 16.8 Å². The van der Waals surface area contributed by atoms with Crippen LogP contribution in [0.2, 0.25) is 0 Å². The van der Waals surface area contributed by atoms with Gasteiger partial charge < -0.3 is 14.2 Å². The largest absolute Gasteiger partial charge is 0.491 e. The summed E-state index contributed by atoms with van der Waals surface area (Å²) in [5, 5.41) is 1.67. The van der Waals surface area contributed by atoms with Crippen LogP contribution in [0.4, 0.5) is 4.79 Å². The van der Waals surface area contributed by atoms with Crippen LogP contribution in [0.3, 0.4) is 0 Å². The van der Waals surface area contributed by atoms with Crippen molar-refractivity contribution in [3.63, 3.8) is 0 Å². The highest BCUT2D eigenvalue weighted by molar-refractivity contribution is 8.18. The quantitative estimate of drug-likeness (QED) is 0.135. The highest BCUT2D eigenvalue weighted by atomic mass is 32.2. The minimum atomic E-state index is -0.504. The molecule has 4 aromatic rings. The van der Waals surface area contributed by atoms with Crippen molar-refractivity contribution in [2.24, 2.45) is 0 Å². The Labute approximate surface area is 230 Å². The summed E-state index contributed by atoms with van der Waals surface area (Å²) in [7, 11) is 0. The van der Waals surface area contributed by atoms with Crippen LogP contribution in [-0.2, 0) is 4.79 Å². The Morgan fingerprint density at radius 3 is 2.44 bits per heavy atom. The minimum Gasteiger partial charge on any atom is -0.491 e. The molecule has 0 atom stereocenters. The van der Waals surface area contributed by atoms with Crippen LogP contribution in [0.15, 0.2) is 95.9 Å². The lowest BCUT2D eigenvalue weighted by Gasteiger charge is -2.14. The molecule has 1 aliphatic heterocycles. The van der Waals surface area contributed by atoms with Gasteiger partial charge in [-0.15, -0.1) is 0 Å². The second-order valence-corrected chi connectivity index (χ2v) is 9.55. The first-order chi connectivity index (χ1) is 19.0. The van der Waals surface area contributed by atoms with Crippen molar-refractivity contribution in [3.05, 3.63) is 107 Å². The zero-order chi connectivity index (χ0) is 27.2. The van der Waals surface area contributed by atoms with E-state index in [1.165, 1.54) is 4.90 Å². The normalized spacial score (nSPS) is 14.2. The number of fused-ring (bicyclic) bond motifs is 1. The molecular weight excluding hydrogens is 514 g/mol. The summed E-state index contributed by atoms with van der Waals surface area (Å²) >= 11 is 0.874. The zero-order valence-corrected chi connectivity index (χ0v) is 22.0. The predicted octanol–water partition coefficient (Wildman–Crippen LogP) is 6.57. The minimum absolute atomic E-state index is 0.129. The van der Waals surface area contributed by atoms with Gasteiger partial charge >= 0.3 is 5.97 Å². The average Bonchev–Trinajstić information content (AvgIpc) is 3.22. The summed E-state index contributed by atoms with van der Waals surface area (Å²) in [6.07, 6.45) is 1.63. The summed E-state index contributed by atoms with van der Waals surface area (Å²) in [6, 6.07) is 27.3. The number of amides is 2. The molecule has 0 aliphatic carbocycles. The molecule has 7 nitrogen and oxygen atoms in total. The molecule has 1 heterocycles. The Hall–Kier alpha value is -4.56. The number of carbonyl (C=O) groups excluding carboxylic acids is 3. The molecule has 0 radical (unpaired) electrons. The standard InChI is InChI=1S/C31H25NO6S/c1-2-36-27-19-21(15-16-26(27)38-30(34)23-10-4-3-5-11-23)20-28-29(33)32(31(35)39-28)17-18-37-25-14-8-12-22-9-6-7-13-24(22)25/h3-16,19-20H,2,17-18H2,1H3/b28-20-. The number of hydrogen-bond acceptors (Lipinski definition) is 7. The lowest BCUT2D eigenvalue weighted by Crippen LogP contribution is -2.32. The van der Waals surface area contributed by atoms with Crippen LogP contribution < -0.4 is 14.2 Å². The molecule has 0 N–H and O–H groups in total. The van der Waals surface area contributed by atoms with E-state index in [-0.39, 0.29) is 30.0 Å². The molecule has 5 rings (SSSR count). The first-order valence-electron chi connectivity index (χ1n) is 12.4. The van der Waals surface area contributed by atoms with E-state index in [0.717, 1.165) is 22.5 Å². The maximum atomic E-state index is 13.0. The number of benzene rings is 4. The fraction of sp³-hybridized carbons (Fsp3) is 0.129. The molecule has 0 unspecified atom stereocenters. The topological polar surface area (TPSA) is 82.1 Å². The monoisotopic (exact) mass is 539 g/mol. The first kappa shape index (κ1) is 26.1. The molecule has 39 heavy (non-hydrogen) atoms. The molecule has 8 heteroatoms. The van der Waals surface area contributed by atoms with Gasteiger partial charge in [0.1, 0.15) is 12.4 Å². The number of nitrogens with zero attached hydrogens (tertiary/aromatic N) is 1. The van der Waals surface area contributed by atoms with E-state index in [2.05, 4.69) is 0 Å². The van der Waals surface area contributed by atoms with Gasteiger partial charge in [0.25, 0.3) is 11.1 Å². The van der Waals surface area contributed by atoms with Crippen LogP contribution in [-0.4, -0.2) is 41.8 Å². The number of ether oxygens (including phenoxy) is 3. The van der Waals surface area contributed by atoms with Gasteiger partial charge in [-0.2, -0.15) is 0 Å². The lowest BCUT2D eigenvalue weighted by molar-refractivity contribution is -0.123. The summed E-state index contributed by atoms with van der Waals surface area (Å²) in [4.78, 5) is 39.6. The molecule has 0 saturated carbocycles. The van der Waals surface area contributed by atoms with Crippen molar-refractivity contribution >= 4 is 45.7 Å². The molecule has 1 fully saturated rings. The molecule has 196 valence electrons. The van der Waals surface area contributed by atoms with Crippen molar-refractivity contribution in [2.45, 2.75) is 6.92 Å².